The first kappa shape index (κ1) is 13.3. The number of carboxylic acid groups (broad SMARTS) is 1. The molecular formula is C14H17N3O2. The zero-order valence-electron chi connectivity index (χ0n) is 11.2. The van der Waals surface area contributed by atoms with Gasteiger partial charge in [-0.1, -0.05) is 48.9 Å². The standard InChI is InChI=1S/C14H17N3O2/c1-9(2)13(14(18)19)17-8-12(15-16-17)11-6-4-10(3)5-7-11/h4-9,13H,1-3H3,(H,18,19)/t13-/m0/s1. The van der Waals surface area contributed by atoms with E-state index < -0.39 is 12.0 Å². The number of aromatic nitrogens is 3. The molecule has 2 aromatic rings. The molecular weight excluding hydrogens is 242 g/mol. The van der Waals surface area contributed by atoms with Crippen LogP contribution < -0.4 is 0 Å². The minimum absolute atomic E-state index is 0.0509. The highest BCUT2D eigenvalue weighted by Crippen LogP contribution is 2.21. The molecule has 5 heteroatoms. The second-order valence-corrected chi connectivity index (χ2v) is 4.98. The van der Waals surface area contributed by atoms with E-state index in [-0.39, 0.29) is 5.92 Å². The number of carboxylic acids is 1. The highest BCUT2D eigenvalue weighted by molar-refractivity contribution is 5.72. The van der Waals surface area contributed by atoms with E-state index in [2.05, 4.69) is 10.3 Å². The highest BCUT2D eigenvalue weighted by Gasteiger charge is 2.24. The molecule has 5 nitrogen and oxygen atoms in total. The number of hydrogen-bond donors (Lipinski definition) is 1. The summed E-state index contributed by atoms with van der Waals surface area (Å²) in [7, 11) is 0. The molecule has 0 aliphatic carbocycles. The Bertz CT molecular complexity index is 573. The third-order valence-electron chi connectivity index (χ3n) is 3.03. The fourth-order valence-corrected chi connectivity index (χ4v) is 1.97. The first-order valence-corrected chi connectivity index (χ1v) is 6.20. The maximum atomic E-state index is 11.2. The van der Waals surface area contributed by atoms with Gasteiger partial charge in [-0.15, -0.1) is 5.10 Å². The summed E-state index contributed by atoms with van der Waals surface area (Å²) in [5.41, 5.74) is 2.79. The van der Waals surface area contributed by atoms with Gasteiger partial charge in [-0.2, -0.15) is 0 Å². The van der Waals surface area contributed by atoms with Gasteiger partial charge in [0.1, 0.15) is 5.69 Å². The molecule has 19 heavy (non-hydrogen) atoms. The van der Waals surface area contributed by atoms with Crippen LogP contribution in [0.15, 0.2) is 30.5 Å². The fraction of sp³-hybridized carbons (Fsp3) is 0.357. The number of nitrogens with zero attached hydrogens (tertiary/aromatic N) is 3. The fourth-order valence-electron chi connectivity index (χ4n) is 1.97. The van der Waals surface area contributed by atoms with Crippen LogP contribution >= 0.6 is 0 Å². The van der Waals surface area contributed by atoms with E-state index in [0.29, 0.717) is 5.69 Å². The molecule has 1 aromatic carbocycles. The lowest BCUT2D eigenvalue weighted by Crippen LogP contribution is -2.24. The van der Waals surface area contributed by atoms with Gasteiger partial charge >= 0.3 is 5.97 Å². The van der Waals surface area contributed by atoms with E-state index in [4.69, 9.17) is 0 Å². The summed E-state index contributed by atoms with van der Waals surface area (Å²) >= 11 is 0. The molecule has 0 fully saturated rings. The van der Waals surface area contributed by atoms with Crippen LogP contribution in [-0.4, -0.2) is 26.1 Å². The summed E-state index contributed by atoms with van der Waals surface area (Å²) in [4.78, 5) is 11.2. The van der Waals surface area contributed by atoms with Crippen molar-refractivity contribution in [2.75, 3.05) is 0 Å². The van der Waals surface area contributed by atoms with Crippen LogP contribution in [0.3, 0.4) is 0 Å². The second-order valence-electron chi connectivity index (χ2n) is 4.98. The van der Waals surface area contributed by atoms with Crippen molar-refractivity contribution in [2.24, 2.45) is 5.92 Å². The van der Waals surface area contributed by atoms with Gasteiger partial charge in [0.15, 0.2) is 6.04 Å². The highest BCUT2D eigenvalue weighted by atomic mass is 16.4. The van der Waals surface area contributed by atoms with Crippen molar-refractivity contribution in [3.63, 3.8) is 0 Å². The Balaban J connectivity index is 2.32. The van der Waals surface area contributed by atoms with Crippen LogP contribution in [0.25, 0.3) is 11.3 Å². The first-order valence-electron chi connectivity index (χ1n) is 6.20. The lowest BCUT2D eigenvalue weighted by atomic mass is 10.1. The minimum Gasteiger partial charge on any atom is -0.480 e. The number of hydrogen-bond acceptors (Lipinski definition) is 3. The van der Waals surface area contributed by atoms with Gasteiger partial charge in [0, 0.05) is 5.56 Å². The van der Waals surface area contributed by atoms with Crippen molar-refractivity contribution >= 4 is 5.97 Å². The molecule has 1 atom stereocenters. The Morgan fingerprint density at radius 3 is 2.42 bits per heavy atom. The topological polar surface area (TPSA) is 68.0 Å². The zero-order chi connectivity index (χ0) is 14.0. The van der Waals surface area contributed by atoms with Crippen molar-refractivity contribution < 1.29 is 9.90 Å². The minimum atomic E-state index is -0.893. The molecule has 2 rings (SSSR count). The molecule has 0 unspecified atom stereocenters. The molecule has 0 saturated heterocycles. The van der Waals surface area contributed by atoms with Crippen LogP contribution in [-0.2, 0) is 4.79 Å². The molecule has 1 heterocycles. The van der Waals surface area contributed by atoms with E-state index in [1.807, 2.05) is 45.0 Å². The maximum Gasteiger partial charge on any atom is 0.328 e. The van der Waals surface area contributed by atoms with Crippen molar-refractivity contribution in [3.8, 4) is 11.3 Å². The third-order valence-corrected chi connectivity index (χ3v) is 3.03. The number of aliphatic carboxylic acids is 1. The Morgan fingerprint density at radius 1 is 1.26 bits per heavy atom. The molecule has 0 radical (unpaired) electrons. The number of rotatable bonds is 4. The van der Waals surface area contributed by atoms with E-state index in [1.54, 1.807) is 6.20 Å². The predicted octanol–water partition coefficient (Wildman–Crippen LogP) is 2.54. The molecule has 0 bridgehead atoms. The summed E-state index contributed by atoms with van der Waals surface area (Å²) in [5.74, 6) is -0.944. The molecule has 1 N–H and O–H groups in total. The molecule has 0 saturated carbocycles. The van der Waals surface area contributed by atoms with Gasteiger partial charge in [-0.3, -0.25) is 0 Å². The van der Waals surface area contributed by atoms with E-state index in [1.165, 1.54) is 10.2 Å². The first-order chi connectivity index (χ1) is 8.99. The quantitative estimate of drug-likeness (QED) is 0.916. The van der Waals surface area contributed by atoms with Gasteiger partial charge < -0.3 is 5.11 Å². The SMILES string of the molecule is Cc1ccc(-c2cn([C@H](C(=O)O)C(C)C)nn2)cc1. The van der Waals surface area contributed by atoms with Gasteiger partial charge in [0.05, 0.1) is 6.20 Å². The van der Waals surface area contributed by atoms with Crippen LogP contribution in [0, 0.1) is 12.8 Å². The van der Waals surface area contributed by atoms with E-state index in [0.717, 1.165) is 5.56 Å². The van der Waals surface area contributed by atoms with Gasteiger partial charge in [-0.25, -0.2) is 9.48 Å². The van der Waals surface area contributed by atoms with Crippen molar-refractivity contribution in [2.45, 2.75) is 26.8 Å². The van der Waals surface area contributed by atoms with Gasteiger partial charge in [0.2, 0.25) is 0 Å². The Kier molecular flexibility index (Phi) is 3.64. The Labute approximate surface area is 111 Å². The summed E-state index contributed by atoms with van der Waals surface area (Å²) in [5, 5.41) is 17.2. The van der Waals surface area contributed by atoms with Gasteiger partial charge in [0.25, 0.3) is 0 Å². The molecule has 100 valence electrons. The average molecular weight is 259 g/mol. The van der Waals surface area contributed by atoms with Gasteiger partial charge in [-0.05, 0) is 12.8 Å². The number of benzene rings is 1. The number of carbonyl (C=O) groups is 1. The maximum absolute atomic E-state index is 11.2. The molecule has 0 aliphatic rings. The summed E-state index contributed by atoms with van der Waals surface area (Å²) in [6.45, 7) is 5.72. The van der Waals surface area contributed by atoms with Crippen LogP contribution in [0.2, 0.25) is 0 Å². The summed E-state index contributed by atoms with van der Waals surface area (Å²) in [6, 6.07) is 7.20. The number of aryl methyl sites for hydroxylation is 1. The monoisotopic (exact) mass is 259 g/mol. The molecule has 0 spiro atoms. The van der Waals surface area contributed by atoms with Crippen molar-refractivity contribution in [1.82, 2.24) is 15.0 Å². The molecule has 1 aromatic heterocycles. The molecule has 0 amide bonds. The lowest BCUT2D eigenvalue weighted by molar-refractivity contribution is -0.142. The van der Waals surface area contributed by atoms with Crippen LogP contribution in [0.1, 0.15) is 25.5 Å². The second kappa shape index (κ2) is 5.22. The van der Waals surface area contributed by atoms with Crippen molar-refractivity contribution in [1.29, 1.82) is 0 Å². The third kappa shape index (κ3) is 2.81. The molecule has 0 aliphatic heterocycles. The average Bonchev–Trinajstić information content (AvgIpc) is 2.78. The lowest BCUT2D eigenvalue weighted by Gasteiger charge is -2.15. The summed E-state index contributed by atoms with van der Waals surface area (Å²) in [6.07, 6.45) is 1.68. The Hall–Kier alpha value is -2.17. The van der Waals surface area contributed by atoms with Crippen molar-refractivity contribution in [3.05, 3.63) is 36.0 Å². The normalized spacial score (nSPS) is 12.6. The summed E-state index contributed by atoms with van der Waals surface area (Å²) < 4.78 is 1.42. The van der Waals surface area contributed by atoms with E-state index in [9.17, 15) is 9.90 Å². The van der Waals surface area contributed by atoms with E-state index >= 15 is 0 Å². The van der Waals surface area contributed by atoms with Crippen LogP contribution in [0.5, 0.6) is 0 Å². The Morgan fingerprint density at radius 2 is 1.89 bits per heavy atom. The van der Waals surface area contributed by atoms with Crippen LogP contribution in [0.4, 0.5) is 0 Å². The largest absolute Gasteiger partial charge is 0.480 e. The smallest absolute Gasteiger partial charge is 0.328 e. The predicted molar refractivity (Wildman–Crippen MR) is 71.7 cm³/mol. The zero-order valence-corrected chi connectivity index (χ0v) is 11.2.